The van der Waals surface area contributed by atoms with Gasteiger partial charge in [-0.05, 0) is 11.1 Å². The third kappa shape index (κ3) is 3.82. The van der Waals surface area contributed by atoms with Crippen molar-refractivity contribution in [2.24, 2.45) is 0 Å². The van der Waals surface area contributed by atoms with E-state index >= 15 is 0 Å². The highest BCUT2D eigenvalue weighted by atomic mass is 16.2. The zero-order valence-corrected chi connectivity index (χ0v) is 12.1. The number of hydrogen-bond acceptors (Lipinski definition) is 1. The highest BCUT2D eigenvalue weighted by Gasteiger charge is 2.23. The van der Waals surface area contributed by atoms with Crippen LogP contribution in [-0.2, 0) is 4.79 Å². The number of carbonyl (C=O) groups is 1. The first-order valence-electron chi connectivity index (χ1n) is 6.51. The molecule has 0 aromatic heterocycles. The summed E-state index contributed by atoms with van der Waals surface area (Å²) in [6, 6.07) is 19.8. The molecule has 0 heterocycles. The van der Waals surface area contributed by atoms with Crippen molar-refractivity contribution < 1.29 is 4.79 Å². The molecule has 2 aromatic rings. The number of rotatable bonds is 3. The molecule has 2 heteroatoms. The minimum absolute atomic E-state index is 0.104. The van der Waals surface area contributed by atoms with Crippen molar-refractivity contribution in [3.05, 3.63) is 84.9 Å². The second kappa shape index (κ2) is 7.95. The summed E-state index contributed by atoms with van der Waals surface area (Å²) < 4.78 is 0. The Bertz CT molecular complexity index is 480. The molecule has 2 nitrogen and oxygen atoms in total. The summed E-state index contributed by atoms with van der Waals surface area (Å²) in [5.41, 5.74) is 2.06. The van der Waals surface area contributed by atoms with E-state index in [1.165, 1.54) is 0 Å². The van der Waals surface area contributed by atoms with Crippen LogP contribution in [-0.4, -0.2) is 24.9 Å². The van der Waals surface area contributed by atoms with Gasteiger partial charge in [0.1, 0.15) is 0 Å². The molecule has 20 heavy (non-hydrogen) atoms. The molecule has 0 unspecified atom stereocenters. The van der Waals surface area contributed by atoms with Crippen molar-refractivity contribution in [1.82, 2.24) is 4.90 Å². The molecule has 1 amide bonds. The maximum atomic E-state index is 12.4. The Morgan fingerprint density at radius 3 is 1.50 bits per heavy atom. The van der Waals surface area contributed by atoms with E-state index in [-0.39, 0.29) is 11.8 Å². The fourth-order valence-electron chi connectivity index (χ4n) is 2.03. The van der Waals surface area contributed by atoms with E-state index in [4.69, 9.17) is 0 Å². The van der Waals surface area contributed by atoms with E-state index in [0.29, 0.717) is 0 Å². The SMILES string of the molecule is C=C.CN(C)C(=O)C(c1ccccc1)c1ccccc1. The number of hydrogen-bond donors (Lipinski definition) is 0. The third-order valence-electron chi connectivity index (χ3n) is 2.95. The Balaban J connectivity index is 0.000000956. The van der Waals surface area contributed by atoms with Crippen molar-refractivity contribution in [2.45, 2.75) is 5.92 Å². The zero-order valence-electron chi connectivity index (χ0n) is 12.1. The van der Waals surface area contributed by atoms with Gasteiger partial charge in [0, 0.05) is 14.1 Å². The lowest BCUT2D eigenvalue weighted by atomic mass is 9.90. The third-order valence-corrected chi connectivity index (χ3v) is 2.95. The van der Waals surface area contributed by atoms with E-state index in [0.717, 1.165) is 11.1 Å². The highest BCUT2D eigenvalue weighted by Crippen LogP contribution is 2.25. The van der Waals surface area contributed by atoms with Gasteiger partial charge in [-0.2, -0.15) is 0 Å². The minimum Gasteiger partial charge on any atom is -0.348 e. The lowest BCUT2D eigenvalue weighted by Crippen LogP contribution is -2.28. The fraction of sp³-hybridized carbons (Fsp3) is 0.167. The van der Waals surface area contributed by atoms with Gasteiger partial charge in [-0.1, -0.05) is 60.7 Å². The van der Waals surface area contributed by atoms with Gasteiger partial charge in [0.25, 0.3) is 0 Å². The van der Waals surface area contributed by atoms with E-state index in [9.17, 15) is 4.79 Å². The van der Waals surface area contributed by atoms with E-state index < -0.39 is 0 Å². The van der Waals surface area contributed by atoms with Gasteiger partial charge in [-0.15, -0.1) is 13.2 Å². The normalized spacial score (nSPS) is 9.55. The molecule has 0 aliphatic rings. The molecule has 2 rings (SSSR count). The molecule has 0 spiro atoms. The molecule has 0 atom stereocenters. The maximum Gasteiger partial charge on any atom is 0.234 e. The van der Waals surface area contributed by atoms with Crippen LogP contribution in [0.4, 0.5) is 0 Å². The molecular formula is C18H21NO. The van der Waals surface area contributed by atoms with Crippen molar-refractivity contribution >= 4 is 5.91 Å². The molecule has 0 aliphatic heterocycles. The molecule has 104 valence electrons. The van der Waals surface area contributed by atoms with Gasteiger partial charge in [-0.3, -0.25) is 4.79 Å². The number of carbonyl (C=O) groups excluding carboxylic acids is 1. The molecule has 0 N–H and O–H groups in total. The van der Waals surface area contributed by atoms with Crippen LogP contribution >= 0.6 is 0 Å². The van der Waals surface area contributed by atoms with Crippen molar-refractivity contribution in [2.75, 3.05) is 14.1 Å². The van der Waals surface area contributed by atoms with Crippen LogP contribution in [0.3, 0.4) is 0 Å². The smallest absolute Gasteiger partial charge is 0.234 e. The second-order valence-corrected chi connectivity index (χ2v) is 4.49. The fourth-order valence-corrected chi connectivity index (χ4v) is 2.03. The van der Waals surface area contributed by atoms with Gasteiger partial charge in [0.2, 0.25) is 5.91 Å². The Morgan fingerprint density at radius 2 is 1.20 bits per heavy atom. The Labute approximate surface area is 121 Å². The number of benzene rings is 2. The van der Waals surface area contributed by atoms with Gasteiger partial charge in [0.05, 0.1) is 5.92 Å². The molecule has 0 saturated heterocycles. The Hall–Kier alpha value is -2.35. The lowest BCUT2D eigenvalue weighted by Gasteiger charge is -2.21. The highest BCUT2D eigenvalue weighted by molar-refractivity contribution is 5.86. The molecule has 0 aliphatic carbocycles. The summed E-state index contributed by atoms with van der Waals surface area (Å²) in [6.07, 6.45) is 0. The van der Waals surface area contributed by atoms with Crippen LogP contribution < -0.4 is 0 Å². The van der Waals surface area contributed by atoms with Gasteiger partial charge >= 0.3 is 0 Å². The Morgan fingerprint density at radius 1 is 0.850 bits per heavy atom. The standard InChI is InChI=1S/C16H17NO.C2H4/c1-17(2)16(18)15(13-9-5-3-6-10-13)14-11-7-4-8-12-14;1-2/h3-12,15H,1-2H3;1-2H2. The average Bonchev–Trinajstić information content (AvgIpc) is 2.51. The lowest BCUT2D eigenvalue weighted by molar-refractivity contribution is -0.129. The van der Waals surface area contributed by atoms with Crippen LogP contribution in [0, 0.1) is 0 Å². The number of nitrogens with zero attached hydrogens (tertiary/aromatic N) is 1. The first kappa shape index (κ1) is 15.7. The zero-order chi connectivity index (χ0) is 15.0. The minimum atomic E-state index is -0.220. The van der Waals surface area contributed by atoms with Crippen LogP contribution in [0.15, 0.2) is 73.8 Å². The number of amides is 1. The van der Waals surface area contributed by atoms with Crippen LogP contribution in [0.25, 0.3) is 0 Å². The van der Waals surface area contributed by atoms with Crippen molar-refractivity contribution in [3.63, 3.8) is 0 Å². The number of likely N-dealkylation sites (N-methyl/N-ethyl adjacent to an activating group) is 1. The summed E-state index contributed by atoms with van der Waals surface area (Å²) >= 11 is 0. The molecule has 2 aromatic carbocycles. The molecule has 0 saturated carbocycles. The summed E-state index contributed by atoms with van der Waals surface area (Å²) in [5, 5.41) is 0. The summed E-state index contributed by atoms with van der Waals surface area (Å²) in [5.74, 6) is -0.116. The molecule has 0 fully saturated rings. The van der Waals surface area contributed by atoms with Gasteiger partial charge < -0.3 is 4.90 Å². The summed E-state index contributed by atoms with van der Waals surface area (Å²) in [7, 11) is 3.59. The van der Waals surface area contributed by atoms with Crippen molar-refractivity contribution in [3.8, 4) is 0 Å². The Kier molecular flexibility index (Phi) is 6.24. The van der Waals surface area contributed by atoms with Crippen LogP contribution in [0.1, 0.15) is 17.0 Å². The van der Waals surface area contributed by atoms with E-state index in [2.05, 4.69) is 13.2 Å². The quantitative estimate of drug-likeness (QED) is 0.776. The van der Waals surface area contributed by atoms with E-state index in [1.807, 2.05) is 60.7 Å². The predicted octanol–water partition coefficient (Wildman–Crippen LogP) is 3.71. The molecule has 0 radical (unpaired) electrons. The van der Waals surface area contributed by atoms with Gasteiger partial charge in [0.15, 0.2) is 0 Å². The van der Waals surface area contributed by atoms with Crippen LogP contribution in [0.2, 0.25) is 0 Å². The summed E-state index contributed by atoms with van der Waals surface area (Å²) in [4.78, 5) is 14.0. The molecular weight excluding hydrogens is 246 g/mol. The monoisotopic (exact) mass is 267 g/mol. The second-order valence-electron chi connectivity index (χ2n) is 4.49. The topological polar surface area (TPSA) is 20.3 Å². The maximum absolute atomic E-state index is 12.4. The van der Waals surface area contributed by atoms with E-state index in [1.54, 1.807) is 19.0 Å². The predicted molar refractivity (Wildman–Crippen MR) is 84.7 cm³/mol. The van der Waals surface area contributed by atoms with Crippen LogP contribution in [0.5, 0.6) is 0 Å². The largest absolute Gasteiger partial charge is 0.348 e. The molecule has 0 bridgehead atoms. The summed E-state index contributed by atoms with van der Waals surface area (Å²) in [6.45, 7) is 6.00. The first-order valence-corrected chi connectivity index (χ1v) is 6.51. The van der Waals surface area contributed by atoms with Gasteiger partial charge in [-0.25, -0.2) is 0 Å². The van der Waals surface area contributed by atoms with Crippen molar-refractivity contribution in [1.29, 1.82) is 0 Å². The average molecular weight is 267 g/mol. The first-order chi connectivity index (χ1) is 9.70.